The third-order valence-corrected chi connectivity index (χ3v) is 9.60. The Kier molecular flexibility index (Phi) is 10.4. The molecular formula is C37H44N4O7. The molecule has 3 heterocycles. The fourth-order valence-corrected chi connectivity index (χ4v) is 6.89. The van der Waals surface area contributed by atoms with E-state index in [1.54, 1.807) is 0 Å². The van der Waals surface area contributed by atoms with Gasteiger partial charge in [-0.2, -0.15) is 0 Å². The van der Waals surface area contributed by atoms with Crippen LogP contribution in [0.1, 0.15) is 67.8 Å². The van der Waals surface area contributed by atoms with Crippen molar-refractivity contribution in [2.24, 2.45) is 0 Å². The second-order valence-electron chi connectivity index (χ2n) is 12.8. The van der Waals surface area contributed by atoms with Gasteiger partial charge in [-0.1, -0.05) is 66.7 Å². The maximum absolute atomic E-state index is 13.2. The predicted molar refractivity (Wildman–Crippen MR) is 178 cm³/mol. The van der Waals surface area contributed by atoms with E-state index in [4.69, 9.17) is 14.2 Å². The topological polar surface area (TPSA) is 130 Å². The molecule has 4 atom stereocenters. The van der Waals surface area contributed by atoms with Crippen LogP contribution in [0.15, 0.2) is 78.9 Å². The summed E-state index contributed by atoms with van der Waals surface area (Å²) in [4.78, 5) is 41.2. The van der Waals surface area contributed by atoms with E-state index in [0.29, 0.717) is 19.6 Å². The molecule has 3 aromatic rings. The Labute approximate surface area is 281 Å². The highest BCUT2D eigenvalue weighted by molar-refractivity contribution is 5.93. The minimum Gasteiger partial charge on any atom is -0.453 e. The summed E-state index contributed by atoms with van der Waals surface area (Å²) in [5.41, 5.74) is 4.11. The number of hydrogen-bond acceptors (Lipinski definition) is 9. The van der Waals surface area contributed by atoms with Gasteiger partial charge in [0, 0.05) is 50.8 Å². The molecule has 3 N–H and O–H groups in total. The minimum absolute atomic E-state index is 0.0220. The Bertz CT molecular complexity index is 1560. The number of carbonyl (C=O) groups is 3. The van der Waals surface area contributed by atoms with E-state index in [2.05, 4.69) is 32.6 Å². The average Bonchev–Trinajstić information content (AvgIpc) is 3.42. The first-order chi connectivity index (χ1) is 23.2. The van der Waals surface area contributed by atoms with Crippen molar-refractivity contribution < 1.29 is 33.7 Å². The Balaban J connectivity index is 1.12. The zero-order valence-electron chi connectivity index (χ0n) is 27.5. The highest BCUT2D eigenvalue weighted by Crippen LogP contribution is 2.40. The number of rotatable bonds is 10. The first-order valence-electron chi connectivity index (χ1n) is 16.6. The molecule has 0 unspecified atom stereocenters. The molecule has 0 aromatic heterocycles. The van der Waals surface area contributed by atoms with Gasteiger partial charge in [0.1, 0.15) is 5.54 Å². The summed E-state index contributed by atoms with van der Waals surface area (Å²) >= 11 is 0. The van der Waals surface area contributed by atoms with Crippen LogP contribution in [0.5, 0.6) is 0 Å². The second kappa shape index (κ2) is 14.9. The van der Waals surface area contributed by atoms with Gasteiger partial charge in [-0.25, -0.2) is 0 Å². The molecule has 0 bridgehead atoms. The lowest BCUT2D eigenvalue weighted by atomic mass is 9.85. The van der Waals surface area contributed by atoms with Crippen molar-refractivity contribution in [2.75, 3.05) is 31.2 Å². The lowest BCUT2D eigenvalue weighted by molar-refractivity contribution is -0.253. The number of carbonyl (C=O) groups excluding carboxylic acids is 3. The highest BCUT2D eigenvalue weighted by atomic mass is 16.7. The number of nitrogens with one attached hydrogen (secondary N) is 2. The van der Waals surface area contributed by atoms with Crippen molar-refractivity contribution in [1.29, 1.82) is 0 Å². The maximum atomic E-state index is 13.2. The van der Waals surface area contributed by atoms with Crippen LogP contribution in [0.4, 0.5) is 5.69 Å². The van der Waals surface area contributed by atoms with Crippen molar-refractivity contribution in [3.63, 3.8) is 0 Å². The van der Waals surface area contributed by atoms with Gasteiger partial charge >= 0.3 is 5.97 Å². The van der Waals surface area contributed by atoms with Gasteiger partial charge < -0.3 is 39.8 Å². The molecule has 3 aliphatic rings. The molecule has 0 aliphatic carbocycles. The van der Waals surface area contributed by atoms with E-state index in [1.807, 2.05) is 66.7 Å². The number of ether oxygens (including phenoxy) is 3. The number of aliphatic hydroxyl groups excluding tert-OH is 1. The molecule has 3 saturated heterocycles. The van der Waals surface area contributed by atoms with E-state index >= 15 is 0 Å². The summed E-state index contributed by atoms with van der Waals surface area (Å²) in [6, 6.07) is 25.7. The molecule has 48 heavy (non-hydrogen) atoms. The quantitative estimate of drug-likeness (QED) is 0.280. The number of nitrogens with zero attached hydrogens (tertiary/aromatic N) is 2. The summed E-state index contributed by atoms with van der Waals surface area (Å²) < 4.78 is 18.1. The van der Waals surface area contributed by atoms with Crippen LogP contribution in [0.3, 0.4) is 0 Å². The van der Waals surface area contributed by atoms with E-state index in [1.165, 1.54) is 13.8 Å². The van der Waals surface area contributed by atoms with Gasteiger partial charge in [-0.05, 0) is 48.6 Å². The number of esters is 1. The standard InChI is InChI=1S/C37H44N4O7/c1-25(46-26(2)43)34(44)38-21-27-8-14-30(15-9-27)35-47-32(20-33(48-35)29-12-10-28(23-42)11-13-29)22-40-18-16-37(17-19-40)36(45)39-24-41(37)31-6-4-3-5-7-31/h3-15,25,32-33,35,42H,16-24H2,1-2H3,(H,38,44)(H,39,45)/t25-,32+,33-,35-/m0/s1. The van der Waals surface area contributed by atoms with Crippen molar-refractivity contribution in [2.45, 2.75) is 76.4 Å². The number of anilines is 1. The molecular weight excluding hydrogens is 612 g/mol. The number of piperidine rings is 1. The number of benzene rings is 3. The second-order valence-corrected chi connectivity index (χ2v) is 12.8. The summed E-state index contributed by atoms with van der Waals surface area (Å²) in [7, 11) is 0. The Hall–Kier alpha value is -4.29. The molecule has 3 aliphatic heterocycles. The Morgan fingerprint density at radius 3 is 2.31 bits per heavy atom. The van der Waals surface area contributed by atoms with Gasteiger partial charge in [0.15, 0.2) is 12.4 Å². The maximum Gasteiger partial charge on any atom is 0.303 e. The van der Waals surface area contributed by atoms with Crippen LogP contribution < -0.4 is 15.5 Å². The smallest absolute Gasteiger partial charge is 0.303 e. The molecule has 3 fully saturated rings. The monoisotopic (exact) mass is 656 g/mol. The average molecular weight is 657 g/mol. The molecule has 0 radical (unpaired) electrons. The summed E-state index contributed by atoms with van der Waals surface area (Å²) in [5.74, 6) is -0.770. The van der Waals surface area contributed by atoms with E-state index < -0.39 is 23.9 Å². The predicted octanol–water partition coefficient (Wildman–Crippen LogP) is 3.72. The number of hydrogen-bond donors (Lipinski definition) is 3. The molecule has 3 aromatic carbocycles. The number of aliphatic hydroxyl groups is 1. The van der Waals surface area contributed by atoms with Gasteiger partial charge in [-0.15, -0.1) is 0 Å². The van der Waals surface area contributed by atoms with E-state index in [0.717, 1.165) is 53.9 Å². The molecule has 0 saturated carbocycles. The fourth-order valence-electron chi connectivity index (χ4n) is 6.89. The van der Waals surface area contributed by atoms with Gasteiger partial charge in [0.2, 0.25) is 5.91 Å². The van der Waals surface area contributed by atoms with Crippen molar-refractivity contribution in [3.8, 4) is 0 Å². The van der Waals surface area contributed by atoms with E-state index in [9.17, 15) is 19.5 Å². The lowest BCUT2D eigenvalue weighted by Crippen LogP contribution is -2.57. The normalized spacial score (nSPS) is 23.0. The van der Waals surface area contributed by atoms with Crippen LogP contribution >= 0.6 is 0 Å². The summed E-state index contributed by atoms with van der Waals surface area (Å²) in [6.07, 6.45) is 0.309. The van der Waals surface area contributed by atoms with Gasteiger partial charge in [-0.3, -0.25) is 14.4 Å². The van der Waals surface area contributed by atoms with Crippen LogP contribution in [-0.4, -0.2) is 71.8 Å². The largest absolute Gasteiger partial charge is 0.453 e. The molecule has 2 amide bonds. The zero-order valence-corrected chi connectivity index (χ0v) is 27.5. The van der Waals surface area contributed by atoms with Crippen LogP contribution in [0.25, 0.3) is 0 Å². The zero-order chi connectivity index (χ0) is 33.7. The Morgan fingerprint density at radius 1 is 0.979 bits per heavy atom. The van der Waals surface area contributed by atoms with E-state index in [-0.39, 0.29) is 37.2 Å². The number of likely N-dealkylation sites (tertiary alicyclic amines) is 1. The van der Waals surface area contributed by atoms with Gasteiger partial charge in [0.05, 0.1) is 25.5 Å². The molecule has 254 valence electrons. The van der Waals surface area contributed by atoms with Crippen molar-refractivity contribution in [1.82, 2.24) is 15.5 Å². The van der Waals surface area contributed by atoms with Crippen LogP contribution in [-0.2, 0) is 41.7 Å². The number of para-hydroxylation sites is 1. The third-order valence-electron chi connectivity index (χ3n) is 9.60. The molecule has 1 spiro atoms. The lowest BCUT2D eigenvalue weighted by Gasteiger charge is -2.45. The van der Waals surface area contributed by atoms with Crippen LogP contribution in [0, 0.1) is 0 Å². The third kappa shape index (κ3) is 7.55. The van der Waals surface area contributed by atoms with Crippen molar-refractivity contribution >= 4 is 23.5 Å². The first-order valence-corrected chi connectivity index (χ1v) is 16.6. The minimum atomic E-state index is -0.866. The van der Waals surface area contributed by atoms with Crippen LogP contribution in [0.2, 0.25) is 0 Å². The Morgan fingerprint density at radius 2 is 1.65 bits per heavy atom. The summed E-state index contributed by atoms with van der Waals surface area (Å²) in [6.45, 7) is 5.84. The summed E-state index contributed by atoms with van der Waals surface area (Å²) in [5, 5.41) is 15.4. The number of amides is 2. The fraction of sp³-hybridized carbons (Fsp3) is 0.432. The molecule has 11 heteroatoms. The molecule has 11 nitrogen and oxygen atoms in total. The molecule has 6 rings (SSSR count). The highest BCUT2D eigenvalue weighted by Gasteiger charge is 2.50. The first kappa shape index (κ1) is 33.6. The van der Waals surface area contributed by atoms with Gasteiger partial charge in [0.25, 0.3) is 5.91 Å². The van der Waals surface area contributed by atoms with Crippen molar-refractivity contribution in [3.05, 3.63) is 101 Å². The SMILES string of the molecule is CC(=O)O[C@@H](C)C(=O)NCc1ccc([C@H]2O[C@@H](CN3CCC4(CC3)C(=O)NCN4c3ccccc3)C[C@@H](c3ccc(CO)cc3)O2)cc1.